The Balaban J connectivity index is 0.917. The van der Waals surface area contributed by atoms with Crippen molar-refractivity contribution in [2.75, 3.05) is 26.9 Å². The largest absolute Gasteiger partial charge is 0.453 e. The van der Waals surface area contributed by atoms with Crippen molar-refractivity contribution in [3.05, 3.63) is 72.4 Å². The van der Waals surface area contributed by atoms with Gasteiger partial charge in [0.15, 0.2) is 0 Å². The number of ether oxygens (including phenoxy) is 2. The molecule has 2 aromatic heterocycles. The minimum atomic E-state index is -1.79. The molecule has 15 heteroatoms. The predicted molar refractivity (Wildman–Crippen MR) is 249 cm³/mol. The Morgan fingerprint density at radius 3 is 1.94 bits per heavy atom. The summed E-state index contributed by atoms with van der Waals surface area (Å²) in [5, 5.41) is 7.92. The van der Waals surface area contributed by atoms with Gasteiger partial charge in [0.1, 0.15) is 23.7 Å². The minimum Gasteiger partial charge on any atom is -0.453 e. The lowest BCUT2D eigenvalue weighted by molar-refractivity contribution is -0.136. The summed E-state index contributed by atoms with van der Waals surface area (Å²) in [6.45, 7) is 5.27. The Kier molecular flexibility index (Phi) is 12.5. The van der Waals surface area contributed by atoms with E-state index in [1.54, 1.807) is 0 Å². The molecule has 2 saturated heterocycles. The summed E-state index contributed by atoms with van der Waals surface area (Å²) in [5.41, 5.74) is 5.85. The quantitative estimate of drug-likeness (QED) is 0.100. The first-order valence-electron chi connectivity index (χ1n) is 23.4. The molecule has 4 atom stereocenters. The number of likely N-dealkylation sites (tertiary alicyclic amines) is 1. The van der Waals surface area contributed by atoms with Gasteiger partial charge in [0.25, 0.3) is 0 Å². The van der Waals surface area contributed by atoms with Crippen molar-refractivity contribution in [3.8, 4) is 22.4 Å². The zero-order chi connectivity index (χ0) is 44.5. The summed E-state index contributed by atoms with van der Waals surface area (Å²) >= 11 is 0. The van der Waals surface area contributed by atoms with Crippen molar-refractivity contribution in [3.63, 3.8) is 0 Å². The number of rotatable bonds is 10. The van der Waals surface area contributed by atoms with Crippen LogP contribution in [-0.4, -0.2) is 101 Å². The van der Waals surface area contributed by atoms with Crippen molar-refractivity contribution >= 4 is 53.9 Å². The van der Waals surface area contributed by atoms with Crippen LogP contribution in [0.5, 0.6) is 0 Å². The predicted octanol–water partition coefficient (Wildman–Crippen LogP) is 9.18. The van der Waals surface area contributed by atoms with E-state index in [9.17, 15) is 19.2 Å². The molecule has 3 aromatic carbocycles. The van der Waals surface area contributed by atoms with Crippen molar-refractivity contribution in [2.24, 2.45) is 11.8 Å². The zero-order valence-corrected chi connectivity index (χ0v) is 38.6. The number of aromatic amines is 2. The average Bonchev–Trinajstić information content (AvgIpc) is 4.16. The molecule has 4 heterocycles. The minimum absolute atomic E-state index is 0.0316. The number of hydrogen-bond acceptors (Lipinski definition) is 8. The summed E-state index contributed by atoms with van der Waals surface area (Å²) in [6.07, 6.45) is 13.3. The zero-order valence-electron chi connectivity index (χ0n) is 37.6. The number of nitrogens with one attached hydrogen (secondary N) is 4. The molecule has 2 aliphatic heterocycles. The number of carbonyl (C=O) groups is 4. The van der Waals surface area contributed by atoms with Gasteiger partial charge in [0.05, 0.1) is 57.3 Å². The molecule has 2 aliphatic carbocycles. The average molecular weight is 887 g/mol. The molecule has 5 aromatic rings. The Labute approximate surface area is 375 Å². The second kappa shape index (κ2) is 18.4. The van der Waals surface area contributed by atoms with Crippen molar-refractivity contribution in [1.82, 2.24) is 40.4 Å². The molecule has 0 unspecified atom stereocenters. The third-order valence-corrected chi connectivity index (χ3v) is 17.2. The lowest BCUT2D eigenvalue weighted by atomic mass is 9.83. The number of H-pyrrole nitrogens is 2. The topological polar surface area (TPSA) is 175 Å². The van der Waals surface area contributed by atoms with E-state index in [2.05, 4.69) is 88.3 Å². The van der Waals surface area contributed by atoms with E-state index in [0.29, 0.717) is 12.7 Å². The molecule has 4 amide bonds. The van der Waals surface area contributed by atoms with Crippen LogP contribution in [0.15, 0.2) is 60.8 Å². The molecule has 2 saturated carbocycles. The van der Waals surface area contributed by atoms with E-state index in [0.717, 1.165) is 139 Å². The fraction of sp³-hybridized carbons (Fsp3) is 0.510. The summed E-state index contributed by atoms with van der Waals surface area (Å²) in [5.74, 6) is 1.64. The van der Waals surface area contributed by atoms with Crippen molar-refractivity contribution in [2.45, 2.75) is 120 Å². The monoisotopic (exact) mass is 886 g/mol. The maximum absolute atomic E-state index is 14.5. The Hall–Kier alpha value is -5.70. The number of amides is 4. The molecule has 0 radical (unpaired) electrons. The van der Waals surface area contributed by atoms with E-state index in [-0.39, 0.29) is 35.7 Å². The maximum atomic E-state index is 14.5. The van der Waals surface area contributed by atoms with Crippen LogP contribution in [0, 0.1) is 11.8 Å². The first-order chi connectivity index (χ1) is 31.0. The number of hydrogen-bond donors (Lipinski definition) is 4. The van der Waals surface area contributed by atoms with Crippen LogP contribution in [-0.2, 0) is 19.1 Å². The summed E-state index contributed by atoms with van der Waals surface area (Å²) < 4.78 is 9.89. The molecule has 4 fully saturated rings. The summed E-state index contributed by atoms with van der Waals surface area (Å²) in [7, 11) is 0.895. The van der Waals surface area contributed by atoms with Gasteiger partial charge in [-0.1, -0.05) is 94.1 Å². The van der Waals surface area contributed by atoms with Crippen LogP contribution in [0.2, 0.25) is 19.1 Å². The van der Waals surface area contributed by atoms with Gasteiger partial charge in [-0.25, -0.2) is 19.6 Å². The molecule has 0 spiro atoms. The molecule has 4 aliphatic rings. The van der Waals surface area contributed by atoms with E-state index >= 15 is 0 Å². The first kappa shape index (κ1) is 43.5. The van der Waals surface area contributed by atoms with Crippen LogP contribution in [0.1, 0.15) is 101 Å². The summed E-state index contributed by atoms with van der Waals surface area (Å²) in [6, 6.07) is 18.4. The first-order valence-corrected chi connectivity index (χ1v) is 26.8. The van der Waals surface area contributed by atoms with Crippen molar-refractivity contribution in [1.29, 1.82) is 0 Å². The number of nitrogens with zero attached hydrogens (tertiary/aromatic N) is 4. The highest BCUT2D eigenvalue weighted by atomic mass is 28.3. The number of aromatic nitrogens is 4. The number of imidazole rings is 2. The number of carbonyl (C=O) groups excluding carboxylic acids is 4. The van der Waals surface area contributed by atoms with Crippen LogP contribution in [0.4, 0.5) is 9.59 Å². The van der Waals surface area contributed by atoms with Crippen molar-refractivity contribution < 1.29 is 28.7 Å². The summed E-state index contributed by atoms with van der Waals surface area (Å²) in [4.78, 5) is 74.4. The molecular formula is C49H62N8O6Si. The van der Waals surface area contributed by atoms with Gasteiger partial charge < -0.3 is 39.9 Å². The number of methoxy groups -OCH3 is 2. The normalized spacial score (nSPS) is 21.5. The molecule has 4 N–H and O–H groups in total. The number of benzene rings is 3. The highest BCUT2D eigenvalue weighted by molar-refractivity contribution is 6.78. The highest BCUT2D eigenvalue weighted by Crippen LogP contribution is 2.41. The van der Waals surface area contributed by atoms with Crippen LogP contribution >= 0.6 is 0 Å². The van der Waals surface area contributed by atoms with Gasteiger partial charge in [-0.05, 0) is 90.6 Å². The SMILES string of the molecule is COC(=O)N[C@@H](C(=O)N1CCC[C@@H]1c1ncc(-c2ccc(-c3ccc4c(ccc5[nH]c([C@@H]6C[Si](C)(C)CN6C(=O)[C@H](NC(=O)OC)C6CCCCC6)nc54)c3)cc2)[nH]1)C1CCCCC1. The second-order valence-corrected chi connectivity index (χ2v) is 24.4. The molecule has 9 rings (SSSR count). The van der Waals surface area contributed by atoms with Gasteiger partial charge in [-0.2, -0.15) is 0 Å². The molecule has 64 heavy (non-hydrogen) atoms. The lowest BCUT2D eigenvalue weighted by Crippen LogP contribution is -2.53. The van der Waals surface area contributed by atoms with Gasteiger partial charge in [0.2, 0.25) is 11.8 Å². The molecule has 14 nitrogen and oxygen atoms in total. The smallest absolute Gasteiger partial charge is 0.407 e. The van der Waals surface area contributed by atoms with Crippen LogP contribution in [0.25, 0.3) is 44.2 Å². The number of fused-ring (bicyclic) bond motifs is 3. The van der Waals surface area contributed by atoms with E-state index in [4.69, 9.17) is 19.4 Å². The standard InChI is InChI=1S/C49H62N8O6Si/c1-62-48(60)54-41(32-12-7-5-8-13-32)46(58)56-25-11-16-39(56)44-50-27-38(52-44)31-19-17-30(18-20-31)34-21-23-36-35(26-34)22-24-37-43(36)53-45(51-37)40-28-64(3,4)29-57(40)47(59)42(55-49(61)63-2)33-14-9-6-10-15-33/h17-24,26-27,32-33,39-42H,5-16,25,28-29H2,1-4H3,(H,50,52)(H,51,53)(H,54,60)(H,55,61)/t39-,40+,41-,42-/m1/s1. The fourth-order valence-electron chi connectivity index (χ4n) is 11.1. The van der Waals surface area contributed by atoms with Gasteiger partial charge >= 0.3 is 12.2 Å². The fourth-order valence-corrected chi connectivity index (χ4v) is 14.0. The second-order valence-electron chi connectivity index (χ2n) is 19.3. The Morgan fingerprint density at radius 2 is 1.30 bits per heavy atom. The van der Waals surface area contributed by atoms with Gasteiger partial charge in [-0.15, -0.1) is 0 Å². The third kappa shape index (κ3) is 8.87. The molecule has 338 valence electrons. The third-order valence-electron chi connectivity index (χ3n) is 14.5. The van der Waals surface area contributed by atoms with E-state index in [1.165, 1.54) is 14.2 Å². The molecule has 0 bridgehead atoms. The van der Waals surface area contributed by atoms with E-state index in [1.807, 2.05) is 16.0 Å². The maximum Gasteiger partial charge on any atom is 0.407 e. The van der Waals surface area contributed by atoms with Gasteiger partial charge in [-0.3, -0.25) is 9.59 Å². The number of alkyl carbamates (subject to hydrolysis) is 2. The lowest BCUT2D eigenvalue weighted by Gasteiger charge is -2.34. The Morgan fingerprint density at radius 1 is 0.688 bits per heavy atom. The Bertz CT molecular complexity index is 2510. The van der Waals surface area contributed by atoms with Crippen LogP contribution < -0.4 is 10.6 Å². The van der Waals surface area contributed by atoms with Crippen LogP contribution in [0.3, 0.4) is 0 Å². The van der Waals surface area contributed by atoms with E-state index < -0.39 is 32.3 Å². The van der Waals surface area contributed by atoms with Gasteiger partial charge in [0, 0.05) is 18.1 Å². The molecular weight excluding hydrogens is 825 g/mol. The highest BCUT2D eigenvalue weighted by Gasteiger charge is 2.47.